The number of ether oxygens (including phenoxy) is 1. The Morgan fingerprint density at radius 1 is 0.929 bits per heavy atom. The van der Waals surface area contributed by atoms with Gasteiger partial charge in [-0.3, -0.25) is 0 Å². The number of tetrazole rings is 1. The van der Waals surface area contributed by atoms with Crippen LogP contribution in [0, 0.1) is 5.92 Å². The molecule has 0 spiro atoms. The SMILES string of the molecule is O=C(O)C(F)(F)F.OC(c1ccccc1)(c1ccccc1)C1CCN(CCCOc2ccc(-c3nn[nH]n3)cc2)CC1. The van der Waals surface area contributed by atoms with Gasteiger partial charge in [-0.15, -0.1) is 10.2 Å². The van der Waals surface area contributed by atoms with Crippen molar-refractivity contribution in [2.24, 2.45) is 5.92 Å². The van der Waals surface area contributed by atoms with Gasteiger partial charge in [0.25, 0.3) is 0 Å². The van der Waals surface area contributed by atoms with Gasteiger partial charge < -0.3 is 19.8 Å². The molecule has 1 fully saturated rings. The van der Waals surface area contributed by atoms with Gasteiger partial charge in [0, 0.05) is 12.1 Å². The number of aromatic amines is 1. The number of hydrogen-bond donors (Lipinski definition) is 3. The van der Waals surface area contributed by atoms with Crippen LogP contribution in [-0.4, -0.2) is 74.1 Å². The summed E-state index contributed by atoms with van der Waals surface area (Å²) in [6.07, 6.45) is -2.21. The highest BCUT2D eigenvalue weighted by Crippen LogP contribution is 2.41. The predicted octanol–water partition coefficient (Wildman–Crippen LogP) is 4.92. The van der Waals surface area contributed by atoms with Crippen LogP contribution in [0.1, 0.15) is 30.4 Å². The summed E-state index contributed by atoms with van der Waals surface area (Å²) in [6, 6.07) is 28.0. The van der Waals surface area contributed by atoms with Gasteiger partial charge in [0.15, 0.2) is 0 Å². The highest BCUT2D eigenvalue weighted by atomic mass is 19.4. The predicted molar refractivity (Wildman–Crippen MR) is 148 cm³/mol. The molecule has 12 heteroatoms. The maximum Gasteiger partial charge on any atom is 0.490 e. The Bertz CT molecular complexity index is 1320. The van der Waals surface area contributed by atoms with Gasteiger partial charge in [-0.1, -0.05) is 60.7 Å². The van der Waals surface area contributed by atoms with Gasteiger partial charge in [0.1, 0.15) is 11.4 Å². The Morgan fingerprint density at radius 3 is 1.95 bits per heavy atom. The van der Waals surface area contributed by atoms with E-state index in [2.05, 4.69) is 25.5 Å². The largest absolute Gasteiger partial charge is 0.494 e. The molecule has 0 amide bonds. The fourth-order valence-corrected chi connectivity index (χ4v) is 5.06. The molecular formula is C30H32F3N5O4. The molecule has 42 heavy (non-hydrogen) atoms. The zero-order chi connectivity index (χ0) is 30.0. The third-order valence-corrected chi connectivity index (χ3v) is 7.19. The lowest BCUT2D eigenvalue weighted by Crippen LogP contribution is -2.44. The second-order valence-corrected chi connectivity index (χ2v) is 9.88. The van der Waals surface area contributed by atoms with Crippen molar-refractivity contribution < 1.29 is 32.9 Å². The van der Waals surface area contributed by atoms with Gasteiger partial charge in [0.2, 0.25) is 5.82 Å². The zero-order valence-electron chi connectivity index (χ0n) is 22.7. The molecule has 0 saturated carbocycles. The van der Waals surface area contributed by atoms with Crippen molar-refractivity contribution in [3.8, 4) is 17.1 Å². The van der Waals surface area contributed by atoms with Crippen LogP contribution in [0.5, 0.6) is 5.75 Å². The van der Waals surface area contributed by atoms with Gasteiger partial charge in [-0.25, -0.2) is 4.79 Å². The summed E-state index contributed by atoms with van der Waals surface area (Å²) in [7, 11) is 0. The lowest BCUT2D eigenvalue weighted by atomic mass is 9.72. The van der Waals surface area contributed by atoms with Crippen LogP contribution in [0.2, 0.25) is 0 Å². The first-order chi connectivity index (χ1) is 20.2. The number of carbonyl (C=O) groups is 1. The molecule has 0 aliphatic carbocycles. The van der Waals surface area contributed by atoms with E-state index in [-0.39, 0.29) is 5.92 Å². The third-order valence-electron chi connectivity index (χ3n) is 7.19. The van der Waals surface area contributed by atoms with E-state index in [1.54, 1.807) is 0 Å². The van der Waals surface area contributed by atoms with Crippen LogP contribution in [0.25, 0.3) is 11.4 Å². The van der Waals surface area contributed by atoms with Gasteiger partial charge in [0.05, 0.1) is 6.61 Å². The topological polar surface area (TPSA) is 124 Å². The molecule has 222 valence electrons. The number of carboxylic acids is 1. The fraction of sp³-hybridized carbons (Fsp3) is 0.333. The number of aliphatic hydroxyl groups is 1. The number of nitrogens with zero attached hydrogens (tertiary/aromatic N) is 4. The van der Waals surface area contributed by atoms with E-state index in [4.69, 9.17) is 14.6 Å². The van der Waals surface area contributed by atoms with E-state index in [0.717, 1.165) is 61.3 Å². The first-order valence-corrected chi connectivity index (χ1v) is 13.5. The number of benzene rings is 3. The Labute approximate surface area is 241 Å². The summed E-state index contributed by atoms with van der Waals surface area (Å²) in [6.45, 7) is 3.61. The number of nitrogens with one attached hydrogen (secondary N) is 1. The molecule has 4 aromatic rings. The van der Waals surface area contributed by atoms with Crippen molar-refractivity contribution in [1.82, 2.24) is 25.5 Å². The van der Waals surface area contributed by atoms with E-state index < -0.39 is 17.7 Å². The smallest absolute Gasteiger partial charge is 0.490 e. The monoisotopic (exact) mass is 583 g/mol. The van der Waals surface area contributed by atoms with Crippen molar-refractivity contribution in [2.75, 3.05) is 26.2 Å². The lowest BCUT2D eigenvalue weighted by Gasteiger charge is -2.42. The normalized spacial score (nSPS) is 14.6. The molecule has 9 nitrogen and oxygen atoms in total. The Kier molecular flexibility index (Phi) is 10.3. The molecule has 1 aromatic heterocycles. The zero-order valence-corrected chi connectivity index (χ0v) is 22.7. The average Bonchev–Trinajstić information content (AvgIpc) is 3.56. The number of carboxylic acid groups (broad SMARTS) is 1. The number of alkyl halides is 3. The van der Waals surface area contributed by atoms with Crippen molar-refractivity contribution >= 4 is 5.97 Å². The average molecular weight is 584 g/mol. The van der Waals surface area contributed by atoms with Crippen LogP contribution >= 0.6 is 0 Å². The summed E-state index contributed by atoms with van der Waals surface area (Å²) in [5.74, 6) is -1.16. The molecule has 1 aliphatic heterocycles. The summed E-state index contributed by atoms with van der Waals surface area (Å²) < 4.78 is 37.7. The molecule has 0 unspecified atom stereocenters. The minimum Gasteiger partial charge on any atom is -0.494 e. The van der Waals surface area contributed by atoms with Gasteiger partial charge >= 0.3 is 12.1 Å². The summed E-state index contributed by atoms with van der Waals surface area (Å²) in [5, 5.41) is 33.2. The summed E-state index contributed by atoms with van der Waals surface area (Å²) in [5.41, 5.74) is 1.89. The highest BCUT2D eigenvalue weighted by molar-refractivity contribution is 5.73. The van der Waals surface area contributed by atoms with Crippen molar-refractivity contribution in [3.05, 3.63) is 96.1 Å². The maximum absolute atomic E-state index is 12.0. The number of halogens is 3. The lowest BCUT2D eigenvalue weighted by molar-refractivity contribution is -0.192. The van der Waals surface area contributed by atoms with Crippen LogP contribution < -0.4 is 4.74 Å². The quantitative estimate of drug-likeness (QED) is 0.237. The molecular weight excluding hydrogens is 551 g/mol. The van der Waals surface area contributed by atoms with E-state index in [1.807, 2.05) is 84.9 Å². The molecule has 1 aliphatic rings. The van der Waals surface area contributed by atoms with E-state index >= 15 is 0 Å². The van der Waals surface area contributed by atoms with Crippen LogP contribution in [0.4, 0.5) is 13.2 Å². The number of rotatable bonds is 9. The van der Waals surface area contributed by atoms with Crippen molar-refractivity contribution in [1.29, 1.82) is 0 Å². The minimum absolute atomic E-state index is 0.178. The second kappa shape index (κ2) is 14.1. The number of likely N-dealkylation sites (tertiary alicyclic amines) is 1. The first-order valence-electron chi connectivity index (χ1n) is 13.5. The van der Waals surface area contributed by atoms with Crippen LogP contribution in [0.15, 0.2) is 84.9 Å². The number of H-pyrrole nitrogens is 1. The standard InChI is InChI=1S/C28H31N5O2.C2HF3O2/c34-28(23-8-3-1-4-9-23,24-10-5-2-6-11-24)25-16-19-33(20-17-25)18-7-21-35-26-14-12-22(13-15-26)27-29-31-32-30-27;3-2(4,5)1(6)7/h1-6,8-15,25,34H,7,16-21H2,(H,29,30,31,32);(H,6,7). The molecule has 2 heterocycles. The van der Waals surface area contributed by atoms with Crippen molar-refractivity contribution in [2.45, 2.75) is 31.0 Å². The molecule has 1 saturated heterocycles. The molecule has 0 atom stereocenters. The second-order valence-electron chi connectivity index (χ2n) is 9.88. The molecule has 5 rings (SSSR count). The molecule has 0 radical (unpaired) electrons. The minimum atomic E-state index is -5.08. The molecule has 3 N–H and O–H groups in total. The number of aromatic nitrogens is 4. The third kappa shape index (κ3) is 7.92. The number of hydrogen-bond acceptors (Lipinski definition) is 7. The maximum atomic E-state index is 12.0. The molecule has 3 aromatic carbocycles. The van der Waals surface area contributed by atoms with Gasteiger partial charge in [-0.05, 0) is 78.9 Å². The fourth-order valence-electron chi connectivity index (χ4n) is 5.06. The van der Waals surface area contributed by atoms with E-state index in [0.29, 0.717) is 12.4 Å². The Hall–Kier alpha value is -4.29. The van der Waals surface area contributed by atoms with Crippen molar-refractivity contribution in [3.63, 3.8) is 0 Å². The number of aliphatic carboxylic acids is 1. The highest BCUT2D eigenvalue weighted by Gasteiger charge is 2.41. The Balaban J connectivity index is 0.000000517. The van der Waals surface area contributed by atoms with Gasteiger partial charge in [-0.2, -0.15) is 18.4 Å². The summed E-state index contributed by atoms with van der Waals surface area (Å²) >= 11 is 0. The van der Waals surface area contributed by atoms with Crippen LogP contribution in [0.3, 0.4) is 0 Å². The first kappa shape index (κ1) is 30.7. The Morgan fingerprint density at radius 2 is 1.48 bits per heavy atom. The van der Waals surface area contributed by atoms with E-state index in [9.17, 15) is 18.3 Å². The number of piperidine rings is 1. The summed E-state index contributed by atoms with van der Waals surface area (Å²) in [4.78, 5) is 11.4. The van der Waals surface area contributed by atoms with Crippen LogP contribution in [-0.2, 0) is 10.4 Å². The molecule has 0 bridgehead atoms. The van der Waals surface area contributed by atoms with E-state index in [1.165, 1.54) is 0 Å².